The van der Waals surface area contributed by atoms with Crippen molar-refractivity contribution in [1.82, 2.24) is 18.9 Å². The Morgan fingerprint density at radius 2 is 2.18 bits per heavy atom. The zero-order chi connectivity index (χ0) is 11.8. The van der Waals surface area contributed by atoms with E-state index in [0.717, 1.165) is 22.9 Å². The summed E-state index contributed by atoms with van der Waals surface area (Å²) in [7, 11) is 0. The van der Waals surface area contributed by atoms with Gasteiger partial charge in [-0.1, -0.05) is 0 Å². The van der Waals surface area contributed by atoms with Gasteiger partial charge in [0.2, 0.25) is 0 Å². The van der Waals surface area contributed by atoms with Gasteiger partial charge in [0.05, 0.1) is 11.4 Å². The standard InChI is InChI=1S/C12H13N5/c1-9-14-4-5-17(9)11-2-3-12-15-10(6-13)7-16(12)8-11/h2-5,7-8H,6,13H2,1H3. The van der Waals surface area contributed by atoms with E-state index >= 15 is 0 Å². The molecule has 3 aromatic rings. The van der Waals surface area contributed by atoms with E-state index in [1.807, 2.05) is 46.6 Å². The van der Waals surface area contributed by atoms with Gasteiger partial charge in [-0.05, 0) is 19.1 Å². The van der Waals surface area contributed by atoms with Crippen LogP contribution in [0.25, 0.3) is 11.3 Å². The van der Waals surface area contributed by atoms with Crippen LogP contribution < -0.4 is 5.73 Å². The van der Waals surface area contributed by atoms with Gasteiger partial charge in [0.15, 0.2) is 0 Å². The fraction of sp³-hybridized carbons (Fsp3) is 0.167. The van der Waals surface area contributed by atoms with Crippen molar-refractivity contribution in [2.45, 2.75) is 13.5 Å². The van der Waals surface area contributed by atoms with Crippen molar-refractivity contribution in [2.24, 2.45) is 5.73 Å². The average molecular weight is 227 g/mol. The molecule has 5 nitrogen and oxygen atoms in total. The van der Waals surface area contributed by atoms with Gasteiger partial charge in [-0.2, -0.15) is 0 Å². The SMILES string of the molecule is Cc1nccn1-c1ccc2nc(CN)cn2c1. The van der Waals surface area contributed by atoms with E-state index in [1.54, 1.807) is 6.20 Å². The predicted octanol–water partition coefficient (Wildman–Crippen LogP) is 1.29. The summed E-state index contributed by atoms with van der Waals surface area (Å²) >= 11 is 0. The van der Waals surface area contributed by atoms with Gasteiger partial charge >= 0.3 is 0 Å². The van der Waals surface area contributed by atoms with Crippen molar-refractivity contribution >= 4 is 5.65 Å². The summed E-state index contributed by atoms with van der Waals surface area (Å²) in [5, 5.41) is 0. The van der Waals surface area contributed by atoms with Gasteiger partial charge in [-0.25, -0.2) is 9.97 Å². The number of rotatable bonds is 2. The molecule has 17 heavy (non-hydrogen) atoms. The molecule has 3 heterocycles. The molecule has 86 valence electrons. The van der Waals surface area contributed by atoms with E-state index in [4.69, 9.17) is 5.73 Å². The monoisotopic (exact) mass is 227 g/mol. The van der Waals surface area contributed by atoms with Crippen LogP contribution in [0.4, 0.5) is 0 Å². The third kappa shape index (κ3) is 1.60. The Labute approximate surface area is 98.5 Å². The van der Waals surface area contributed by atoms with Crippen LogP contribution in [0.5, 0.6) is 0 Å². The maximum atomic E-state index is 5.58. The van der Waals surface area contributed by atoms with Gasteiger partial charge < -0.3 is 14.7 Å². The second kappa shape index (κ2) is 3.71. The molecule has 3 aromatic heterocycles. The number of hydrogen-bond acceptors (Lipinski definition) is 3. The smallest absolute Gasteiger partial charge is 0.137 e. The third-order valence-corrected chi connectivity index (χ3v) is 2.80. The van der Waals surface area contributed by atoms with E-state index in [1.165, 1.54) is 0 Å². The molecular weight excluding hydrogens is 214 g/mol. The maximum Gasteiger partial charge on any atom is 0.137 e. The molecule has 3 rings (SSSR count). The van der Waals surface area contributed by atoms with Crippen LogP contribution in [0.2, 0.25) is 0 Å². The van der Waals surface area contributed by atoms with E-state index < -0.39 is 0 Å². The molecular formula is C12H13N5. The minimum atomic E-state index is 0.459. The van der Waals surface area contributed by atoms with Crippen LogP contribution in [-0.4, -0.2) is 18.9 Å². The van der Waals surface area contributed by atoms with Gasteiger partial charge in [0.1, 0.15) is 11.5 Å². The van der Waals surface area contributed by atoms with Gasteiger partial charge in [-0.3, -0.25) is 0 Å². The quantitative estimate of drug-likeness (QED) is 0.717. The molecule has 0 fully saturated rings. The fourth-order valence-corrected chi connectivity index (χ4v) is 1.92. The number of imidazole rings is 2. The Kier molecular flexibility index (Phi) is 2.19. The normalized spacial score (nSPS) is 11.2. The Morgan fingerprint density at radius 3 is 2.88 bits per heavy atom. The molecule has 0 aliphatic carbocycles. The van der Waals surface area contributed by atoms with Crippen LogP contribution in [-0.2, 0) is 6.54 Å². The maximum absolute atomic E-state index is 5.58. The number of pyridine rings is 1. The minimum Gasteiger partial charge on any atom is -0.325 e. The highest BCUT2D eigenvalue weighted by Gasteiger charge is 2.03. The number of nitrogens with zero attached hydrogens (tertiary/aromatic N) is 4. The predicted molar refractivity (Wildman–Crippen MR) is 64.9 cm³/mol. The molecule has 2 N–H and O–H groups in total. The minimum absolute atomic E-state index is 0.459. The fourth-order valence-electron chi connectivity index (χ4n) is 1.92. The first-order chi connectivity index (χ1) is 8.28. The van der Waals surface area contributed by atoms with Crippen molar-refractivity contribution in [2.75, 3.05) is 0 Å². The topological polar surface area (TPSA) is 61.1 Å². The van der Waals surface area contributed by atoms with Crippen molar-refractivity contribution in [3.8, 4) is 5.69 Å². The first-order valence-electron chi connectivity index (χ1n) is 5.46. The van der Waals surface area contributed by atoms with Crippen LogP contribution in [0.15, 0.2) is 36.9 Å². The molecule has 0 aromatic carbocycles. The summed E-state index contributed by atoms with van der Waals surface area (Å²) in [5.74, 6) is 0.962. The van der Waals surface area contributed by atoms with E-state index in [-0.39, 0.29) is 0 Å². The molecule has 0 saturated carbocycles. The average Bonchev–Trinajstić information content (AvgIpc) is 2.93. The van der Waals surface area contributed by atoms with Gasteiger partial charge in [0.25, 0.3) is 0 Å². The molecule has 0 aliphatic heterocycles. The van der Waals surface area contributed by atoms with Crippen LogP contribution >= 0.6 is 0 Å². The molecule has 0 amide bonds. The van der Waals surface area contributed by atoms with Gasteiger partial charge in [-0.15, -0.1) is 0 Å². The Hall–Kier alpha value is -2.14. The van der Waals surface area contributed by atoms with E-state index in [9.17, 15) is 0 Å². The molecule has 0 radical (unpaired) electrons. The zero-order valence-corrected chi connectivity index (χ0v) is 9.54. The lowest BCUT2D eigenvalue weighted by atomic mass is 10.4. The lowest BCUT2D eigenvalue weighted by molar-refractivity contribution is 0.957. The van der Waals surface area contributed by atoms with Crippen molar-refractivity contribution in [3.63, 3.8) is 0 Å². The summed E-state index contributed by atoms with van der Waals surface area (Å²) in [6.45, 7) is 2.44. The molecule has 0 bridgehead atoms. The second-order valence-corrected chi connectivity index (χ2v) is 3.93. The Balaban J connectivity index is 2.16. The summed E-state index contributed by atoms with van der Waals surface area (Å²) in [4.78, 5) is 8.60. The Bertz CT molecular complexity index is 664. The number of aromatic nitrogens is 4. The van der Waals surface area contributed by atoms with Crippen molar-refractivity contribution < 1.29 is 0 Å². The molecule has 0 aliphatic rings. The molecule has 0 saturated heterocycles. The molecule has 0 unspecified atom stereocenters. The third-order valence-electron chi connectivity index (χ3n) is 2.80. The number of aryl methyl sites for hydroxylation is 1. The van der Waals surface area contributed by atoms with Crippen molar-refractivity contribution in [1.29, 1.82) is 0 Å². The lowest BCUT2D eigenvalue weighted by Crippen LogP contribution is -1.97. The van der Waals surface area contributed by atoms with Crippen LogP contribution in [0.1, 0.15) is 11.5 Å². The van der Waals surface area contributed by atoms with Crippen LogP contribution in [0.3, 0.4) is 0 Å². The summed E-state index contributed by atoms with van der Waals surface area (Å²) in [6.07, 6.45) is 7.71. The summed E-state index contributed by atoms with van der Waals surface area (Å²) in [6, 6.07) is 4.01. The Morgan fingerprint density at radius 1 is 1.29 bits per heavy atom. The summed E-state index contributed by atoms with van der Waals surface area (Å²) in [5.41, 5.74) is 8.45. The highest BCUT2D eigenvalue weighted by atomic mass is 15.1. The number of fused-ring (bicyclic) bond motifs is 1. The summed E-state index contributed by atoms with van der Waals surface area (Å²) < 4.78 is 4.01. The van der Waals surface area contributed by atoms with Crippen LogP contribution in [0, 0.1) is 6.92 Å². The number of hydrogen-bond donors (Lipinski definition) is 1. The largest absolute Gasteiger partial charge is 0.325 e. The lowest BCUT2D eigenvalue weighted by Gasteiger charge is -2.05. The highest BCUT2D eigenvalue weighted by Crippen LogP contribution is 2.13. The highest BCUT2D eigenvalue weighted by molar-refractivity contribution is 5.46. The number of nitrogens with two attached hydrogens (primary N) is 1. The van der Waals surface area contributed by atoms with Crippen molar-refractivity contribution in [3.05, 3.63) is 48.4 Å². The zero-order valence-electron chi connectivity index (χ0n) is 9.54. The molecule has 0 spiro atoms. The first kappa shape index (κ1) is 10.0. The van der Waals surface area contributed by atoms with Gasteiger partial charge in [0, 0.05) is 31.3 Å². The van der Waals surface area contributed by atoms with E-state index in [2.05, 4.69) is 9.97 Å². The second-order valence-electron chi connectivity index (χ2n) is 3.93. The molecule has 0 atom stereocenters. The molecule has 5 heteroatoms. The first-order valence-corrected chi connectivity index (χ1v) is 5.46. The van der Waals surface area contributed by atoms with E-state index in [0.29, 0.717) is 6.54 Å².